The topological polar surface area (TPSA) is 55.0 Å². The van der Waals surface area contributed by atoms with Crippen LogP contribution < -0.4 is 0 Å². The first-order chi connectivity index (χ1) is 8.46. The monoisotopic (exact) mass is 264 g/mol. The lowest BCUT2D eigenvalue weighted by molar-refractivity contribution is -0.146. The smallest absolute Gasteiger partial charge is 0.318 e. The van der Waals surface area contributed by atoms with Crippen molar-refractivity contribution in [1.82, 2.24) is 9.97 Å². The van der Waals surface area contributed by atoms with E-state index in [0.717, 1.165) is 21.3 Å². The number of aromatic nitrogens is 2. The molecule has 4 nitrogen and oxygen atoms in total. The van der Waals surface area contributed by atoms with Crippen LogP contribution in [0.25, 0.3) is 11.4 Å². The largest absolute Gasteiger partial charge is 0.468 e. The lowest BCUT2D eigenvalue weighted by atomic mass is 9.95. The van der Waals surface area contributed by atoms with Crippen molar-refractivity contribution in [2.75, 3.05) is 7.11 Å². The molecule has 0 fully saturated rings. The average molecular weight is 264 g/mol. The third kappa shape index (κ3) is 2.06. The Hall–Kier alpha value is -1.62. The van der Waals surface area contributed by atoms with Gasteiger partial charge in [0.1, 0.15) is 16.1 Å². The van der Waals surface area contributed by atoms with Gasteiger partial charge < -0.3 is 9.72 Å². The van der Waals surface area contributed by atoms with E-state index in [2.05, 4.69) is 9.97 Å². The van der Waals surface area contributed by atoms with Crippen molar-refractivity contribution < 1.29 is 9.53 Å². The molecule has 0 aromatic carbocycles. The summed E-state index contributed by atoms with van der Waals surface area (Å²) < 4.78 is 4.83. The molecule has 0 unspecified atom stereocenters. The summed E-state index contributed by atoms with van der Waals surface area (Å²) in [6, 6.07) is 3.90. The van der Waals surface area contributed by atoms with Gasteiger partial charge in [-0.15, -0.1) is 11.3 Å². The molecule has 96 valence electrons. The van der Waals surface area contributed by atoms with Gasteiger partial charge in [0.05, 0.1) is 12.8 Å². The number of esters is 1. The van der Waals surface area contributed by atoms with E-state index >= 15 is 0 Å². The highest BCUT2D eigenvalue weighted by atomic mass is 32.1. The fourth-order valence-electron chi connectivity index (χ4n) is 1.73. The number of methoxy groups -OCH3 is 1. The molecule has 2 rings (SSSR count). The number of nitrogens with zero attached hydrogens (tertiary/aromatic N) is 1. The van der Waals surface area contributed by atoms with E-state index in [0.29, 0.717) is 0 Å². The van der Waals surface area contributed by atoms with Crippen LogP contribution in [0.15, 0.2) is 18.3 Å². The van der Waals surface area contributed by atoms with Crippen LogP contribution >= 0.6 is 11.3 Å². The Labute approximate surface area is 110 Å². The van der Waals surface area contributed by atoms with Gasteiger partial charge in [0.25, 0.3) is 0 Å². The maximum atomic E-state index is 11.8. The number of aryl methyl sites for hydroxylation is 1. The van der Waals surface area contributed by atoms with Crippen LogP contribution in [0.1, 0.15) is 23.7 Å². The standard InChI is InChI=1S/C13H16N2O2S/c1-8-10(9-6-5-7-14-9)15-11(18-8)13(2,3)12(16)17-4/h5-7,14H,1-4H3. The molecule has 0 aliphatic carbocycles. The number of hydrogen-bond acceptors (Lipinski definition) is 4. The van der Waals surface area contributed by atoms with Gasteiger partial charge in [0.15, 0.2) is 0 Å². The third-order valence-electron chi connectivity index (χ3n) is 2.88. The van der Waals surface area contributed by atoms with Crippen molar-refractivity contribution >= 4 is 17.3 Å². The number of carbonyl (C=O) groups is 1. The Morgan fingerprint density at radius 2 is 2.22 bits per heavy atom. The number of aromatic amines is 1. The van der Waals surface area contributed by atoms with Crippen molar-refractivity contribution in [3.8, 4) is 11.4 Å². The van der Waals surface area contributed by atoms with Gasteiger partial charge in [-0.2, -0.15) is 0 Å². The van der Waals surface area contributed by atoms with Crippen LogP contribution in [-0.4, -0.2) is 23.0 Å². The fraction of sp³-hybridized carbons (Fsp3) is 0.385. The van der Waals surface area contributed by atoms with Gasteiger partial charge >= 0.3 is 5.97 Å². The first-order valence-electron chi connectivity index (χ1n) is 5.67. The molecule has 0 saturated heterocycles. The molecule has 0 aliphatic rings. The number of H-pyrrole nitrogens is 1. The predicted octanol–water partition coefficient (Wildman–Crippen LogP) is 2.90. The summed E-state index contributed by atoms with van der Waals surface area (Å²) in [4.78, 5) is 20.6. The average Bonchev–Trinajstić information content (AvgIpc) is 2.96. The fourth-order valence-corrected chi connectivity index (χ4v) is 2.75. The number of rotatable bonds is 3. The molecule has 0 spiro atoms. The van der Waals surface area contributed by atoms with Crippen molar-refractivity contribution in [3.63, 3.8) is 0 Å². The maximum Gasteiger partial charge on any atom is 0.318 e. The normalized spacial score (nSPS) is 11.6. The second-order valence-corrected chi connectivity index (χ2v) is 5.83. The van der Waals surface area contributed by atoms with E-state index in [1.807, 2.05) is 39.1 Å². The minimum Gasteiger partial charge on any atom is -0.468 e. The highest BCUT2D eigenvalue weighted by molar-refractivity contribution is 7.12. The van der Waals surface area contributed by atoms with Crippen molar-refractivity contribution in [1.29, 1.82) is 0 Å². The zero-order valence-electron chi connectivity index (χ0n) is 10.9. The van der Waals surface area contributed by atoms with Crippen LogP contribution in [0.5, 0.6) is 0 Å². The first-order valence-corrected chi connectivity index (χ1v) is 6.48. The van der Waals surface area contributed by atoms with Gasteiger partial charge in [-0.05, 0) is 32.9 Å². The highest BCUT2D eigenvalue weighted by Crippen LogP contribution is 2.34. The molecule has 2 aromatic rings. The molecule has 2 heterocycles. The molecule has 1 N–H and O–H groups in total. The van der Waals surface area contributed by atoms with Crippen molar-refractivity contribution in [3.05, 3.63) is 28.2 Å². The van der Waals surface area contributed by atoms with E-state index in [9.17, 15) is 4.79 Å². The first kappa shape index (κ1) is 12.8. The van der Waals surface area contributed by atoms with Crippen molar-refractivity contribution in [2.45, 2.75) is 26.2 Å². The van der Waals surface area contributed by atoms with Crippen LogP contribution in [0.4, 0.5) is 0 Å². The van der Waals surface area contributed by atoms with Crippen LogP contribution in [0.2, 0.25) is 0 Å². The van der Waals surface area contributed by atoms with E-state index in [1.165, 1.54) is 18.4 Å². The van der Waals surface area contributed by atoms with Gasteiger partial charge in [0.2, 0.25) is 0 Å². The lowest BCUT2D eigenvalue weighted by Crippen LogP contribution is -2.30. The van der Waals surface area contributed by atoms with E-state index in [4.69, 9.17) is 4.74 Å². The maximum absolute atomic E-state index is 11.8. The van der Waals surface area contributed by atoms with E-state index in [-0.39, 0.29) is 5.97 Å². The number of nitrogens with one attached hydrogen (secondary N) is 1. The number of ether oxygens (including phenoxy) is 1. The summed E-state index contributed by atoms with van der Waals surface area (Å²) in [5.41, 5.74) is 1.15. The zero-order chi connectivity index (χ0) is 13.3. The molecule has 0 aliphatic heterocycles. The van der Waals surface area contributed by atoms with Crippen molar-refractivity contribution in [2.24, 2.45) is 0 Å². The summed E-state index contributed by atoms with van der Waals surface area (Å²) in [7, 11) is 1.40. The molecule has 0 amide bonds. The molecular formula is C13H16N2O2S. The summed E-state index contributed by atoms with van der Waals surface area (Å²) in [6.45, 7) is 5.66. The molecule has 2 aromatic heterocycles. The van der Waals surface area contributed by atoms with Crippen LogP contribution in [0.3, 0.4) is 0 Å². The molecule has 0 saturated carbocycles. The van der Waals surface area contributed by atoms with Gasteiger partial charge in [0, 0.05) is 11.1 Å². The lowest BCUT2D eigenvalue weighted by Gasteiger charge is -2.18. The van der Waals surface area contributed by atoms with Gasteiger partial charge in [-0.3, -0.25) is 4.79 Å². The van der Waals surface area contributed by atoms with E-state index < -0.39 is 5.41 Å². The van der Waals surface area contributed by atoms with Crippen LogP contribution in [-0.2, 0) is 14.9 Å². The second kappa shape index (κ2) is 4.57. The van der Waals surface area contributed by atoms with Gasteiger partial charge in [-0.1, -0.05) is 0 Å². The predicted molar refractivity (Wildman–Crippen MR) is 71.7 cm³/mol. The van der Waals surface area contributed by atoms with Gasteiger partial charge in [-0.25, -0.2) is 4.98 Å². The number of hydrogen-bond donors (Lipinski definition) is 1. The highest BCUT2D eigenvalue weighted by Gasteiger charge is 2.35. The minimum atomic E-state index is -0.713. The molecule has 0 radical (unpaired) electrons. The summed E-state index contributed by atoms with van der Waals surface area (Å²) >= 11 is 1.53. The van der Waals surface area contributed by atoms with Crippen LogP contribution in [0, 0.1) is 6.92 Å². The quantitative estimate of drug-likeness (QED) is 0.867. The summed E-state index contributed by atoms with van der Waals surface area (Å²) in [5, 5.41) is 0.774. The Morgan fingerprint density at radius 1 is 1.50 bits per heavy atom. The molecule has 0 atom stereocenters. The number of thiazole rings is 1. The molecule has 5 heteroatoms. The third-order valence-corrected chi connectivity index (χ3v) is 4.17. The molecule has 0 bridgehead atoms. The summed E-state index contributed by atoms with van der Waals surface area (Å²) in [6.07, 6.45) is 1.86. The Bertz CT molecular complexity index is 556. The summed E-state index contributed by atoms with van der Waals surface area (Å²) in [5.74, 6) is -0.269. The Kier molecular flexibility index (Phi) is 3.26. The Morgan fingerprint density at radius 3 is 2.78 bits per heavy atom. The van der Waals surface area contributed by atoms with E-state index in [1.54, 1.807) is 0 Å². The second-order valence-electron chi connectivity index (χ2n) is 4.62. The Balaban J connectivity index is 2.44. The zero-order valence-corrected chi connectivity index (χ0v) is 11.7. The SMILES string of the molecule is COC(=O)C(C)(C)c1nc(-c2ccc[nH]2)c(C)s1. The minimum absolute atomic E-state index is 0.269. The number of carbonyl (C=O) groups excluding carboxylic acids is 1. The molecule has 18 heavy (non-hydrogen) atoms. The molecular weight excluding hydrogens is 248 g/mol.